The summed E-state index contributed by atoms with van der Waals surface area (Å²) in [6.07, 6.45) is 2.64. The SMILES string of the molecule is CCOCC(NC1CCOC(C)C1)C(C)C. The highest BCUT2D eigenvalue weighted by atomic mass is 16.5. The minimum atomic E-state index is 0.395. The van der Waals surface area contributed by atoms with Crippen LogP contribution in [-0.2, 0) is 9.47 Å². The highest BCUT2D eigenvalue weighted by Crippen LogP contribution is 2.15. The molecule has 1 aliphatic rings. The van der Waals surface area contributed by atoms with Gasteiger partial charge in [-0.2, -0.15) is 0 Å². The Morgan fingerprint density at radius 1 is 1.44 bits per heavy atom. The Bertz CT molecular complexity index is 185. The van der Waals surface area contributed by atoms with Crippen LogP contribution < -0.4 is 5.32 Å². The first kappa shape index (κ1) is 13.9. The fourth-order valence-electron chi connectivity index (χ4n) is 2.13. The van der Waals surface area contributed by atoms with E-state index in [1.165, 1.54) is 0 Å². The van der Waals surface area contributed by atoms with Crippen LogP contribution in [0.3, 0.4) is 0 Å². The zero-order chi connectivity index (χ0) is 12.0. The van der Waals surface area contributed by atoms with Crippen molar-refractivity contribution >= 4 is 0 Å². The van der Waals surface area contributed by atoms with Crippen molar-refractivity contribution < 1.29 is 9.47 Å². The van der Waals surface area contributed by atoms with Crippen molar-refractivity contribution in [3.63, 3.8) is 0 Å². The highest BCUT2D eigenvalue weighted by Gasteiger charge is 2.23. The maximum Gasteiger partial charge on any atom is 0.0622 e. The van der Waals surface area contributed by atoms with E-state index in [0.29, 0.717) is 24.1 Å². The maximum atomic E-state index is 5.56. The summed E-state index contributed by atoms with van der Waals surface area (Å²) >= 11 is 0. The smallest absolute Gasteiger partial charge is 0.0622 e. The van der Waals surface area contributed by atoms with Crippen molar-refractivity contribution in [3.05, 3.63) is 0 Å². The average Bonchev–Trinajstić information content (AvgIpc) is 2.24. The molecule has 0 saturated carbocycles. The Hall–Kier alpha value is -0.120. The minimum absolute atomic E-state index is 0.395. The van der Waals surface area contributed by atoms with Crippen LogP contribution in [0.1, 0.15) is 40.5 Å². The summed E-state index contributed by atoms with van der Waals surface area (Å²) in [5, 5.41) is 3.72. The molecule has 1 rings (SSSR count). The van der Waals surface area contributed by atoms with E-state index in [0.717, 1.165) is 32.7 Å². The normalized spacial score (nSPS) is 28.3. The molecule has 16 heavy (non-hydrogen) atoms. The van der Waals surface area contributed by atoms with Crippen LogP contribution in [0.5, 0.6) is 0 Å². The Labute approximate surface area is 99.9 Å². The first-order chi connectivity index (χ1) is 7.63. The third-order valence-corrected chi connectivity index (χ3v) is 3.24. The summed E-state index contributed by atoms with van der Waals surface area (Å²) in [4.78, 5) is 0. The molecule has 1 fully saturated rings. The van der Waals surface area contributed by atoms with Crippen LogP contribution in [0.2, 0.25) is 0 Å². The fourth-order valence-corrected chi connectivity index (χ4v) is 2.13. The molecule has 1 saturated heterocycles. The molecule has 0 amide bonds. The van der Waals surface area contributed by atoms with E-state index < -0.39 is 0 Å². The first-order valence-corrected chi connectivity index (χ1v) is 6.58. The van der Waals surface area contributed by atoms with Crippen LogP contribution >= 0.6 is 0 Å². The first-order valence-electron chi connectivity index (χ1n) is 6.58. The molecular weight excluding hydrogens is 202 g/mol. The van der Waals surface area contributed by atoms with Crippen molar-refractivity contribution in [3.8, 4) is 0 Å². The van der Waals surface area contributed by atoms with Gasteiger partial charge in [-0.3, -0.25) is 0 Å². The zero-order valence-corrected chi connectivity index (χ0v) is 11.2. The van der Waals surface area contributed by atoms with Crippen LogP contribution in [-0.4, -0.2) is 38.0 Å². The molecule has 0 aromatic carbocycles. The molecule has 3 atom stereocenters. The Morgan fingerprint density at radius 2 is 2.19 bits per heavy atom. The molecule has 1 aliphatic heterocycles. The van der Waals surface area contributed by atoms with E-state index >= 15 is 0 Å². The number of rotatable bonds is 6. The quantitative estimate of drug-likeness (QED) is 0.757. The van der Waals surface area contributed by atoms with Gasteiger partial charge in [0.05, 0.1) is 12.7 Å². The summed E-state index contributed by atoms with van der Waals surface area (Å²) in [6, 6.07) is 1.06. The lowest BCUT2D eigenvalue weighted by molar-refractivity contribution is 0.00564. The van der Waals surface area contributed by atoms with Crippen molar-refractivity contribution in [2.24, 2.45) is 5.92 Å². The standard InChI is InChI=1S/C13H27NO2/c1-5-15-9-13(10(2)3)14-12-6-7-16-11(4)8-12/h10-14H,5-9H2,1-4H3. The Kier molecular flexibility index (Phi) is 6.32. The highest BCUT2D eigenvalue weighted by molar-refractivity contribution is 4.80. The molecule has 0 bridgehead atoms. The van der Waals surface area contributed by atoms with E-state index in [2.05, 4.69) is 26.1 Å². The van der Waals surface area contributed by atoms with E-state index in [1.54, 1.807) is 0 Å². The molecule has 3 nitrogen and oxygen atoms in total. The predicted octanol–water partition coefficient (Wildman–Crippen LogP) is 2.20. The number of ether oxygens (including phenoxy) is 2. The van der Waals surface area contributed by atoms with Gasteiger partial charge in [0.15, 0.2) is 0 Å². The number of hydrogen-bond acceptors (Lipinski definition) is 3. The maximum absolute atomic E-state index is 5.56. The van der Waals surface area contributed by atoms with Gasteiger partial charge in [-0.05, 0) is 32.6 Å². The summed E-state index contributed by atoms with van der Waals surface area (Å²) in [5.74, 6) is 0.615. The van der Waals surface area contributed by atoms with Crippen molar-refractivity contribution in [1.29, 1.82) is 0 Å². The fraction of sp³-hybridized carbons (Fsp3) is 1.00. The van der Waals surface area contributed by atoms with Crippen molar-refractivity contribution in [2.75, 3.05) is 19.8 Å². The van der Waals surface area contributed by atoms with Crippen molar-refractivity contribution in [2.45, 2.75) is 58.7 Å². The summed E-state index contributed by atoms with van der Waals surface area (Å²) in [7, 11) is 0. The molecule has 0 aromatic rings. The van der Waals surface area contributed by atoms with Crippen LogP contribution in [0.4, 0.5) is 0 Å². The predicted molar refractivity (Wildman–Crippen MR) is 66.7 cm³/mol. The molecule has 0 aromatic heterocycles. The van der Waals surface area contributed by atoms with Gasteiger partial charge in [-0.25, -0.2) is 0 Å². The van der Waals surface area contributed by atoms with Gasteiger partial charge >= 0.3 is 0 Å². The van der Waals surface area contributed by atoms with Gasteiger partial charge in [0.1, 0.15) is 0 Å². The largest absolute Gasteiger partial charge is 0.380 e. The van der Waals surface area contributed by atoms with E-state index in [9.17, 15) is 0 Å². The van der Waals surface area contributed by atoms with Gasteiger partial charge in [0, 0.05) is 25.3 Å². The molecule has 3 heteroatoms. The molecule has 0 radical (unpaired) electrons. The second kappa shape index (κ2) is 7.25. The topological polar surface area (TPSA) is 30.5 Å². The summed E-state index contributed by atoms with van der Waals surface area (Å²) < 4.78 is 11.1. The number of hydrogen-bond donors (Lipinski definition) is 1. The van der Waals surface area contributed by atoms with Gasteiger partial charge in [0.25, 0.3) is 0 Å². The van der Waals surface area contributed by atoms with Gasteiger partial charge < -0.3 is 14.8 Å². The molecular formula is C13H27NO2. The molecule has 1 N–H and O–H groups in total. The van der Waals surface area contributed by atoms with Crippen LogP contribution in [0.25, 0.3) is 0 Å². The lowest BCUT2D eigenvalue weighted by atomic mass is 9.99. The monoisotopic (exact) mass is 229 g/mol. The van der Waals surface area contributed by atoms with Crippen LogP contribution in [0, 0.1) is 5.92 Å². The lowest BCUT2D eigenvalue weighted by Crippen LogP contribution is -2.47. The zero-order valence-electron chi connectivity index (χ0n) is 11.2. The minimum Gasteiger partial charge on any atom is -0.380 e. The summed E-state index contributed by atoms with van der Waals surface area (Å²) in [6.45, 7) is 11.2. The summed E-state index contributed by atoms with van der Waals surface area (Å²) in [5.41, 5.74) is 0. The van der Waals surface area contributed by atoms with E-state index in [4.69, 9.17) is 9.47 Å². The Morgan fingerprint density at radius 3 is 2.75 bits per heavy atom. The second-order valence-electron chi connectivity index (χ2n) is 5.08. The third kappa shape index (κ3) is 4.81. The Balaban J connectivity index is 2.34. The molecule has 0 spiro atoms. The van der Waals surface area contributed by atoms with Gasteiger partial charge in [-0.1, -0.05) is 13.8 Å². The molecule has 3 unspecified atom stereocenters. The van der Waals surface area contributed by atoms with E-state index in [-0.39, 0.29) is 0 Å². The second-order valence-corrected chi connectivity index (χ2v) is 5.08. The van der Waals surface area contributed by atoms with Crippen molar-refractivity contribution in [1.82, 2.24) is 5.32 Å². The molecule has 1 heterocycles. The third-order valence-electron chi connectivity index (χ3n) is 3.24. The van der Waals surface area contributed by atoms with Crippen LogP contribution in [0.15, 0.2) is 0 Å². The molecule has 0 aliphatic carbocycles. The average molecular weight is 229 g/mol. The van der Waals surface area contributed by atoms with Gasteiger partial charge in [0.2, 0.25) is 0 Å². The number of nitrogens with one attached hydrogen (secondary N) is 1. The lowest BCUT2D eigenvalue weighted by Gasteiger charge is -2.33. The molecule has 96 valence electrons. The van der Waals surface area contributed by atoms with E-state index in [1.807, 2.05) is 6.92 Å². The van der Waals surface area contributed by atoms with Gasteiger partial charge in [-0.15, -0.1) is 0 Å².